The lowest BCUT2D eigenvalue weighted by molar-refractivity contribution is -0.136. The summed E-state index contributed by atoms with van der Waals surface area (Å²) in [5.74, 6) is -2.00. The molecule has 0 bridgehead atoms. The number of aryl methyl sites for hydroxylation is 1. The molecule has 2 aliphatic heterocycles. The lowest BCUT2D eigenvalue weighted by Crippen LogP contribution is -2.52. The molecule has 1 aliphatic carbocycles. The fourth-order valence-corrected chi connectivity index (χ4v) is 5.64. The lowest BCUT2D eigenvalue weighted by atomic mass is 9.77. The summed E-state index contributed by atoms with van der Waals surface area (Å²) in [5.41, 5.74) is 3.70. The van der Waals surface area contributed by atoms with E-state index in [9.17, 15) is 19.2 Å². The minimum Gasteiger partial charge on any atom is -0.446 e. The third kappa shape index (κ3) is 4.07. The van der Waals surface area contributed by atoms with Gasteiger partial charge >= 0.3 is 6.09 Å². The predicted octanol–water partition coefficient (Wildman–Crippen LogP) is 2.65. The molecule has 1 saturated heterocycles. The molecule has 196 valence electrons. The number of para-hydroxylation sites is 1. The van der Waals surface area contributed by atoms with Crippen LogP contribution in [0.5, 0.6) is 0 Å². The number of fused-ring (bicyclic) bond motifs is 2. The molecular formula is C27H26FN5O5. The number of amides is 4. The number of nitrogens with zero attached hydrogens (tertiary/aromatic N) is 3. The van der Waals surface area contributed by atoms with Gasteiger partial charge in [0.2, 0.25) is 11.8 Å². The Morgan fingerprint density at radius 3 is 2.82 bits per heavy atom. The van der Waals surface area contributed by atoms with Crippen LogP contribution in [-0.4, -0.2) is 50.4 Å². The number of benzene rings is 2. The number of ether oxygens (including phenoxy) is 1. The first-order valence-electron chi connectivity index (χ1n) is 12.6. The number of imidazole rings is 1. The van der Waals surface area contributed by atoms with E-state index < -0.39 is 29.8 Å². The van der Waals surface area contributed by atoms with Crippen molar-refractivity contribution in [1.82, 2.24) is 25.1 Å². The van der Waals surface area contributed by atoms with Crippen molar-refractivity contribution < 1.29 is 28.3 Å². The van der Waals surface area contributed by atoms with Crippen molar-refractivity contribution in [3.05, 3.63) is 64.7 Å². The topological polar surface area (TPSA) is 123 Å². The minimum absolute atomic E-state index is 0.0858. The van der Waals surface area contributed by atoms with Crippen LogP contribution in [0.4, 0.5) is 9.18 Å². The Labute approximate surface area is 217 Å². The van der Waals surface area contributed by atoms with Gasteiger partial charge in [0.15, 0.2) is 0 Å². The zero-order valence-electron chi connectivity index (χ0n) is 20.7. The second-order valence-electron chi connectivity index (χ2n) is 10.1. The number of hydrogen-bond donors (Lipinski definition) is 2. The van der Waals surface area contributed by atoms with Gasteiger partial charge in [-0.3, -0.25) is 19.7 Å². The number of alkyl carbamates (subject to hydrolysis) is 1. The zero-order chi connectivity index (χ0) is 26.6. The van der Waals surface area contributed by atoms with Gasteiger partial charge in [0.05, 0.1) is 22.9 Å². The van der Waals surface area contributed by atoms with Gasteiger partial charge < -0.3 is 19.5 Å². The number of nitrogens with one attached hydrogen (secondary N) is 2. The maximum Gasteiger partial charge on any atom is 0.407 e. The van der Waals surface area contributed by atoms with E-state index in [0.717, 1.165) is 11.0 Å². The molecule has 3 aromatic rings. The molecule has 0 unspecified atom stereocenters. The van der Waals surface area contributed by atoms with E-state index in [2.05, 4.69) is 21.7 Å². The fourth-order valence-electron chi connectivity index (χ4n) is 5.64. The first-order chi connectivity index (χ1) is 18.3. The van der Waals surface area contributed by atoms with Crippen LogP contribution in [0, 0.1) is 5.82 Å². The van der Waals surface area contributed by atoms with E-state index in [4.69, 9.17) is 4.74 Å². The first-order valence-corrected chi connectivity index (χ1v) is 12.6. The molecule has 4 amide bonds. The maximum atomic E-state index is 15.3. The van der Waals surface area contributed by atoms with Crippen LogP contribution in [-0.2, 0) is 34.5 Å². The molecule has 6 rings (SSSR count). The van der Waals surface area contributed by atoms with Crippen LogP contribution in [0.2, 0.25) is 0 Å². The average molecular weight is 520 g/mol. The Balaban J connectivity index is 1.05. The van der Waals surface area contributed by atoms with Crippen molar-refractivity contribution in [2.24, 2.45) is 7.05 Å². The summed E-state index contributed by atoms with van der Waals surface area (Å²) in [6, 6.07) is 8.34. The van der Waals surface area contributed by atoms with Crippen LogP contribution in [0.25, 0.3) is 11.0 Å². The highest BCUT2D eigenvalue weighted by atomic mass is 19.1. The van der Waals surface area contributed by atoms with Crippen LogP contribution in [0.1, 0.15) is 58.6 Å². The summed E-state index contributed by atoms with van der Waals surface area (Å²) < 4.78 is 22.8. The van der Waals surface area contributed by atoms with Gasteiger partial charge in [-0.1, -0.05) is 24.3 Å². The second kappa shape index (κ2) is 9.23. The van der Waals surface area contributed by atoms with Gasteiger partial charge in [-0.2, -0.15) is 0 Å². The summed E-state index contributed by atoms with van der Waals surface area (Å²) in [7, 11) is 1.96. The summed E-state index contributed by atoms with van der Waals surface area (Å²) in [6.07, 6.45) is 2.60. The molecule has 3 aliphatic rings. The number of rotatable bonds is 5. The normalized spacial score (nSPS) is 22.7. The first kappa shape index (κ1) is 24.1. The lowest BCUT2D eigenvalue weighted by Gasteiger charge is -2.35. The number of piperidine rings is 1. The van der Waals surface area contributed by atoms with Gasteiger partial charge in [0.25, 0.3) is 5.91 Å². The third-order valence-electron chi connectivity index (χ3n) is 7.71. The Bertz CT molecular complexity index is 1490. The molecule has 1 aromatic heterocycles. The van der Waals surface area contributed by atoms with Gasteiger partial charge in [0, 0.05) is 32.1 Å². The van der Waals surface area contributed by atoms with Crippen molar-refractivity contribution in [3.8, 4) is 0 Å². The van der Waals surface area contributed by atoms with E-state index in [1.165, 1.54) is 16.5 Å². The number of imide groups is 1. The Morgan fingerprint density at radius 2 is 2.03 bits per heavy atom. The summed E-state index contributed by atoms with van der Waals surface area (Å²) >= 11 is 0. The van der Waals surface area contributed by atoms with Gasteiger partial charge in [-0.05, 0) is 42.4 Å². The van der Waals surface area contributed by atoms with Crippen LogP contribution < -0.4 is 10.6 Å². The van der Waals surface area contributed by atoms with Crippen LogP contribution >= 0.6 is 0 Å². The molecule has 2 fully saturated rings. The quantitative estimate of drug-likeness (QED) is 0.500. The number of aromatic nitrogens is 2. The summed E-state index contributed by atoms with van der Waals surface area (Å²) in [5, 5.41) is 4.81. The van der Waals surface area contributed by atoms with Gasteiger partial charge in [-0.15, -0.1) is 0 Å². The van der Waals surface area contributed by atoms with Crippen molar-refractivity contribution in [2.45, 2.75) is 56.8 Å². The second-order valence-corrected chi connectivity index (χ2v) is 10.1. The summed E-state index contributed by atoms with van der Waals surface area (Å²) in [6.45, 7) is -0.0589. The van der Waals surface area contributed by atoms with E-state index in [1.54, 1.807) is 12.4 Å². The number of halogens is 1. The molecule has 1 saturated carbocycles. The van der Waals surface area contributed by atoms with Crippen molar-refractivity contribution >= 4 is 34.8 Å². The molecule has 0 radical (unpaired) electrons. The van der Waals surface area contributed by atoms with Crippen LogP contribution in [0.15, 0.2) is 36.7 Å². The summed E-state index contributed by atoms with van der Waals surface area (Å²) in [4.78, 5) is 54.7. The predicted molar refractivity (Wildman–Crippen MR) is 132 cm³/mol. The van der Waals surface area contributed by atoms with E-state index in [-0.39, 0.29) is 55.0 Å². The van der Waals surface area contributed by atoms with Crippen molar-refractivity contribution in [2.75, 3.05) is 0 Å². The number of carbonyl (C=O) groups excluding carboxylic acids is 4. The minimum atomic E-state index is -0.820. The molecule has 38 heavy (non-hydrogen) atoms. The number of carbonyl (C=O) groups is 4. The Kier molecular flexibility index (Phi) is 5.85. The monoisotopic (exact) mass is 519 g/mol. The van der Waals surface area contributed by atoms with Crippen molar-refractivity contribution in [3.63, 3.8) is 0 Å². The smallest absolute Gasteiger partial charge is 0.407 e. The Morgan fingerprint density at radius 1 is 1.21 bits per heavy atom. The number of hydrogen-bond acceptors (Lipinski definition) is 6. The molecule has 3 heterocycles. The molecular weight excluding hydrogens is 493 g/mol. The largest absolute Gasteiger partial charge is 0.446 e. The molecule has 2 N–H and O–H groups in total. The van der Waals surface area contributed by atoms with Crippen molar-refractivity contribution in [1.29, 1.82) is 0 Å². The molecule has 0 spiro atoms. The SMILES string of the molecule is Cn1cnc2cccc(C3CC(OC(=O)NCc4ccc5c(c4F)C(=O)N([C@@H]4CCC(=O)NC4=O)C5)C3)c21. The molecule has 2 aromatic carbocycles. The molecule has 1 atom stereocenters. The van der Waals surface area contributed by atoms with E-state index in [1.807, 2.05) is 23.7 Å². The third-order valence-corrected chi connectivity index (χ3v) is 7.71. The maximum absolute atomic E-state index is 15.3. The standard InChI is InChI=1S/C27H26FN5O5/c1-32-13-30-19-4-2-3-18(24(19)32)16-9-17(10-16)38-27(37)29-11-14-5-6-15-12-33(26(36)22(15)23(14)28)20-7-8-21(34)31-25(20)35/h2-6,13,16-17,20H,7-12H2,1H3,(H,29,37)(H,31,34,35)/t16?,17?,20-/m1/s1. The van der Waals surface area contributed by atoms with Gasteiger partial charge in [0.1, 0.15) is 18.0 Å². The average Bonchev–Trinajstić information content (AvgIpc) is 3.41. The fraction of sp³-hybridized carbons (Fsp3) is 0.370. The Hall–Kier alpha value is -4.28. The van der Waals surface area contributed by atoms with Crippen LogP contribution in [0.3, 0.4) is 0 Å². The van der Waals surface area contributed by atoms with Gasteiger partial charge in [-0.25, -0.2) is 14.2 Å². The highest BCUT2D eigenvalue weighted by molar-refractivity contribution is 6.05. The zero-order valence-corrected chi connectivity index (χ0v) is 20.7. The molecule has 11 heteroatoms. The highest BCUT2D eigenvalue weighted by Crippen LogP contribution is 2.41. The van der Waals surface area contributed by atoms with E-state index >= 15 is 4.39 Å². The van der Waals surface area contributed by atoms with E-state index in [0.29, 0.717) is 18.4 Å². The highest BCUT2D eigenvalue weighted by Gasteiger charge is 2.41. The molecule has 10 nitrogen and oxygen atoms in total.